The van der Waals surface area contributed by atoms with Gasteiger partial charge < -0.3 is 15.0 Å². The molecule has 0 radical (unpaired) electrons. The largest absolute Gasteiger partial charge is 0.493 e. The molecule has 0 bridgehead atoms. The Morgan fingerprint density at radius 2 is 2.17 bits per heavy atom. The molecule has 1 saturated heterocycles. The average Bonchev–Trinajstić information content (AvgIpc) is 3.04. The third-order valence-electron chi connectivity index (χ3n) is 3.87. The molecule has 0 aromatic heterocycles. The fourth-order valence-electron chi connectivity index (χ4n) is 2.56. The van der Waals surface area contributed by atoms with Gasteiger partial charge in [0.1, 0.15) is 5.75 Å². The van der Waals surface area contributed by atoms with Crippen LogP contribution in [0.4, 0.5) is 0 Å². The molecular weight excluding hydrogens is 352 g/mol. The number of ether oxygens (including phenoxy) is 1. The van der Waals surface area contributed by atoms with Gasteiger partial charge in [-0.05, 0) is 44.0 Å². The Morgan fingerprint density at radius 3 is 2.79 bits per heavy atom. The van der Waals surface area contributed by atoms with E-state index in [-0.39, 0.29) is 29.3 Å². The van der Waals surface area contributed by atoms with Gasteiger partial charge in [0.2, 0.25) is 5.91 Å². The number of carbonyl (C=O) groups is 1. The lowest BCUT2D eigenvalue weighted by Crippen LogP contribution is -2.42. The summed E-state index contributed by atoms with van der Waals surface area (Å²) < 4.78 is 28.6. The van der Waals surface area contributed by atoms with Gasteiger partial charge in [-0.15, -0.1) is 12.4 Å². The van der Waals surface area contributed by atoms with Gasteiger partial charge in [-0.25, -0.2) is 8.42 Å². The van der Waals surface area contributed by atoms with Crippen molar-refractivity contribution in [3.63, 3.8) is 0 Å². The highest BCUT2D eigenvalue weighted by molar-refractivity contribution is 7.90. The van der Waals surface area contributed by atoms with Crippen LogP contribution in [-0.4, -0.2) is 58.3 Å². The maximum absolute atomic E-state index is 12.1. The molecule has 0 spiro atoms. The summed E-state index contributed by atoms with van der Waals surface area (Å²) in [5, 5.41) is 3.19. The number of nitrogens with one attached hydrogen (secondary N) is 1. The second kappa shape index (κ2) is 9.25. The Balaban J connectivity index is 0.00000288. The summed E-state index contributed by atoms with van der Waals surface area (Å²) in [6.07, 6.45) is 3.81. The Labute approximate surface area is 149 Å². The van der Waals surface area contributed by atoms with Gasteiger partial charge in [0.15, 0.2) is 9.84 Å². The smallest absolute Gasteiger partial charge is 0.239 e. The molecule has 2 rings (SSSR count). The third-order valence-corrected chi connectivity index (χ3v) is 4.99. The summed E-state index contributed by atoms with van der Waals surface area (Å²) >= 11 is 0. The van der Waals surface area contributed by atoms with Crippen LogP contribution in [0.25, 0.3) is 0 Å². The maximum Gasteiger partial charge on any atom is 0.239 e. The van der Waals surface area contributed by atoms with Crippen molar-refractivity contribution in [3.05, 3.63) is 24.3 Å². The molecule has 1 aliphatic heterocycles. The van der Waals surface area contributed by atoms with Gasteiger partial charge >= 0.3 is 0 Å². The number of likely N-dealkylation sites (N-methyl/N-ethyl adjacent to an activating group) is 1. The lowest BCUT2D eigenvalue weighted by molar-refractivity contribution is -0.131. The van der Waals surface area contributed by atoms with Gasteiger partial charge in [-0.3, -0.25) is 4.79 Å². The molecule has 0 aliphatic carbocycles. The molecule has 1 N–H and O–H groups in total. The number of hydrogen-bond donors (Lipinski definition) is 1. The zero-order chi connectivity index (χ0) is 16.9. The summed E-state index contributed by atoms with van der Waals surface area (Å²) in [6, 6.07) is 6.40. The van der Waals surface area contributed by atoms with Crippen molar-refractivity contribution in [3.8, 4) is 5.75 Å². The number of rotatable bonds is 7. The lowest BCUT2D eigenvalue weighted by atomic mass is 10.2. The number of nitrogens with zero attached hydrogens (tertiary/aromatic N) is 1. The molecule has 1 aromatic rings. The summed E-state index contributed by atoms with van der Waals surface area (Å²) in [4.78, 5) is 14.1. The van der Waals surface area contributed by atoms with E-state index >= 15 is 0 Å². The molecule has 1 unspecified atom stereocenters. The van der Waals surface area contributed by atoms with Crippen molar-refractivity contribution in [1.29, 1.82) is 0 Å². The van der Waals surface area contributed by atoms with Crippen LogP contribution in [0.1, 0.15) is 19.3 Å². The predicted molar refractivity (Wildman–Crippen MR) is 95.6 cm³/mol. The van der Waals surface area contributed by atoms with Crippen molar-refractivity contribution in [2.24, 2.45) is 0 Å². The van der Waals surface area contributed by atoms with E-state index in [0.29, 0.717) is 25.3 Å². The van der Waals surface area contributed by atoms with E-state index in [1.54, 1.807) is 30.1 Å². The van der Waals surface area contributed by atoms with Crippen LogP contribution in [0.5, 0.6) is 5.75 Å². The van der Waals surface area contributed by atoms with E-state index in [2.05, 4.69) is 5.32 Å². The van der Waals surface area contributed by atoms with Gasteiger partial charge in [-0.1, -0.05) is 6.07 Å². The molecule has 1 amide bonds. The Kier molecular flexibility index (Phi) is 7.99. The molecule has 1 atom stereocenters. The minimum atomic E-state index is -3.23. The maximum atomic E-state index is 12.1. The van der Waals surface area contributed by atoms with Crippen molar-refractivity contribution in [2.45, 2.75) is 30.2 Å². The van der Waals surface area contributed by atoms with Crippen molar-refractivity contribution in [2.75, 3.05) is 33.0 Å². The molecule has 136 valence electrons. The summed E-state index contributed by atoms with van der Waals surface area (Å²) in [5.41, 5.74) is 0. The first-order valence-electron chi connectivity index (χ1n) is 7.79. The monoisotopic (exact) mass is 376 g/mol. The van der Waals surface area contributed by atoms with Gasteiger partial charge in [0.25, 0.3) is 0 Å². The highest BCUT2D eigenvalue weighted by Crippen LogP contribution is 2.17. The average molecular weight is 377 g/mol. The van der Waals surface area contributed by atoms with Crippen LogP contribution in [0.3, 0.4) is 0 Å². The molecule has 1 aliphatic rings. The topological polar surface area (TPSA) is 75.7 Å². The van der Waals surface area contributed by atoms with Crippen LogP contribution in [0, 0.1) is 0 Å². The van der Waals surface area contributed by atoms with E-state index in [4.69, 9.17) is 4.74 Å². The van der Waals surface area contributed by atoms with Crippen molar-refractivity contribution >= 4 is 28.2 Å². The van der Waals surface area contributed by atoms with E-state index in [1.165, 1.54) is 12.3 Å². The predicted octanol–water partition coefficient (Wildman–Crippen LogP) is 1.49. The highest BCUT2D eigenvalue weighted by Gasteiger charge is 2.24. The quantitative estimate of drug-likeness (QED) is 0.730. The number of benzene rings is 1. The van der Waals surface area contributed by atoms with Gasteiger partial charge in [0, 0.05) is 19.8 Å². The minimum Gasteiger partial charge on any atom is -0.493 e. The van der Waals surface area contributed by atoms with Gasteiger partial charge in [0.05, 0.1) is 17.5 Å². The molecule has 1 heterocycles. The van der Waals surface area contributed by atoms with Crippen LogP contribution in [0.15, 0.2) is 29.2 Å². The first-order valence-corrected chi connectivity index (χ1v) is 9.68. The van der Waals surface area contributed by atoms with Crippen LogP contribution in [0.2, 0.25) is 0 Å². The SMILES string of the molecule is CN(CCCOc1cccc(S(C)(=O)=O)c1)C(=O)C1CCCN1.Cl. The fraction of sp³-hybridized carbons (Fsp3) is 0.562. The van der Waals surface area contributed by atoms with E-state index in [9.17, 15) is 13.2 Å². The van der Waals surface area contributed by atoms with Crippen molar-refractivity contribution < 1.29 is 17.9 Å². The Morgan fingerprint density at radius 1 is 1.42 bits per heavy atom. The molecular formula is C16H25ClN2O4S. The molecule has 24 heavy (non-hydrogen) atoms. The fourth-order valence-corrected chi connectivity index (χ4v) is 3.21. The van der Waals surface area contributed by atoms with Crippen LogP contribution < -0.4 is 10.1 Å². The summed E-state index contributed by atoms with van der Waals surface area (Å²) in [5.74, 6) is 0.654. The highest BCUT2D eigenvalue weighted by atomic mass is 35.5. The van der Waals surface area contributed by atoms with Crippen molar-refractivity contribution in [1.82, 2.24) is 10.2 Å². The summed E-state index contributed by atoms with van der Waals surface area (Å²) in [7, 11) is -1.43. The minimum absolute atomic E-state index is 0. The number of amides is 1. The third kappa shape index (κ3) is 5.96. The zero-order valence-corrected chi connectivity index (χ0v) is 15.7. The molecule has 1 fully saturated rings. The molecule has 1 aromatic carbocycles. The Hall–Kier alpha value is -1.31. The van der Waals surface area contributed by atoms with Crippen LogP contribution in [-0.2, 0) is 14.6 Å². The number of carbonyl (C=O) groups excluding carboxylic acids is 1. The lowest BCUT2D eigenvalue weighted by Gasteiger charge is -2.21. The second-order valence-electron chi connectivity index (χ2n) is 5.86. The number of hydrogen-bond acceptors (Lipinski definition) is 5. The standard InChI is InChI=1S/C16H24N2O4S.ClH/c1-18(16(19)15-8-4-9-17-15)10-5-11-22-13-6-3-7-14(12-13)23(2,20)21;/h3,6-7,12,15,17H,4-5,8-11H2,1-2H3;1H. The molecule has 0 saturated carbocycles. The Bertz CT molecular complexity index is 645. The van der Waals surface area contributed by atoms with Gasteiger partial charge in [-0.2, -0.15) is 0 Å². The first kappa shape index (κ1) is 20.7. The van der Waals surface area contributed by atoms with Crippen LogP contribution >= 0.6 is 12.4 Å². The number of sulfone groups is 1. The van der Waals surface area contributed by atoms with E-state index in [0.717, 1.165) is 19.4 Å². The first-order chi connectivity index (χ1) is 10.9. The molecule has 8 heteroatoms. The van der Waals surface area contributed by atoms with E-state index < -0.39 is 9.84 Å². The summed E-state index contributed by atoms with van der Waals surface area (Å²) in [6.45, 7) is 1.95. The van der Waals surface area contributed by atoms with E-state index in [1.807, 2.05) is 0 Å². The molecule has 6 nitrogen and oxygen atoms in total. The zero-order valence-electron chi connectivity index (χ0n) is 14.0. The normalized spacial score (nSPS) is 17.2. The second-order valence-corrected chi connectivity index (χ2v) is 7.87. The number of halogens is 1.